The standard InChI is InChI=1S/C13H27N3O2S/c1-12-5-7-13(11-14,8-6-12)15(2)19(17,18)16-9-3-4-10-16/h12H,3-11,14H2,1-2H3. The van der Waals surface area contributed by atoms with Gasteiger partial charge in [0.25, 0.3) is 10.2 Å². The molecule has 6 heteroatoms. The Morgan fingerprint density at radius 3 is 2.26 bits per heavy atom. The summed E-state index contributed by atoms with van der Waals surface area (Å²) >= 11 is 0. The number of rotatable bonds is 4. The van der Waals surface area contributed by atoms with Crippen molar-refractivity contribution >= 4 is 10.2 Å². The van der Waals surface area contributed by atoms with Crippen LogP contribution in [0.3, 0.4) is 0 Å². The lowest BCUT2D eigenvalue weighted by Crippen LogP contribution is -2.58. The van der Waals surface area contributed by atoms with Crippen LogP contribution in [0.4, 0.5) is 0 Å². The Labute approximate surface area is 117 Å². The van der Waals surface area contributed by atoms with Gasteiger partial charge in [-0.05, 0) is 44.4 Å². The summed E-state index contributed by atoms with van der Waals surface area (Å²) in [6.45, 7) is 3.96. The molecular formula is C13H27N3O2S. The van der Waals surface area contributed by atoms with Gasteiger partial charge >= 0.3 is 0 Å². The topological polar surface area (TPSA) is 66.6 Å². The van der Waals surface area contributed by atoms with Crippen molar-refractivity contribution in [3.8, 4) is 0 Å². The summed E-state index contributed by atoms with van der Waals surface area (Å²) in [6, 6.07) is 0. The van der Waals surface area contributed by atoms with E-state index in [2.05, 4.69) is 6.92 Å². The van der Waals surface area contributed by atoms with Gasteiger partial charge in [-0.15, -0.1) is 0 Å². The van der Waals surface area contributed by atoms with Crippen LogP contribution in [0.5, 0.6) is 0 Å². The fourth-order valence-electron chi connectivity index (χ4n) is 3.28. The van der Waals surface area contributed by atoms with E-state index in [1.807, 2.05) is 0 Å². The minimum atomic E-state index is -3.34. The summed E-state index contributed by atoms with van der Waals surface area (Å²) in [6.07, 6.45) is 5.84. The van der Waals surface area contributed by atoms with Crippen LogP contribution in [0.2, 0.25) is 0 Å². The molecule has 2 rings (SSSR count). The summed E-state index contributed by atoms with van der Waals surface area (Å²) in [5.74, 6) is 0.683. The van der Waals surface area contributed by atoms with Crippen LogP contribution in [0, 0.1) is 5.92 Å². The Morgan fingerprint density at radius 1 is 1.26 bits per heavy atom. The molecule has 0 bridgehead atoms. The van der Waals surface area contributed by atoms with Gasteiger partial charge in [-0.1, -0.05) is 6.92 Å². The highest BCUT2D eigenvalue weighted by Gasteiger charge is 2.44. The molecule has 0 aromatic rings. The molecule has 5 nitrogen and oxygen atoms in total. The number of hydrogen-bond donors (Lipinski definition) is 1. The molecule has 2 aliphatic rings. The highest BCUT2D eigenvalue weighted by atomic mass is 32.2. The van der Waals surface area contributed by atoms with Crippen LogP contribution in [-0.4, -0.2) is 49.2 Å². The summed E-state index contributed by atoms with van der Waals surface area (Å²) in [4.78, 5) is 0. The normalized spacial score (nSPS) is 34.0. The van der Waals surface area contributed by atoms with Crippen LogP contribution in [0.25, 0.3) is 0 Å². The molecule has 0 amide bonds. The summed E-state index contributed by atoms with van der Waals surface area (Å²) in [7, 11) is -1.62. The average Bonchev–Trinajstić information content (AvgIpc) is 2.94. The predicted octanol–water partition coefficient (Wildman–Crippen LogP) is 1.17. The van der Waals surface area contributed by atoms with Gasteiger partial charge in [-0.3, -0.25) is 0 Å². The maximum Gasteiger partial charge on any atom is 0.282 e. The minimum Gasteiger partial charge on any atom is -0.329 e. The van der Waals surface area contributed by atoms with Gasteiger partial charge in [0.15, 0.2) is 0 Å². The first-order chi connectivity index (χ1) is 8.92. The summed E-state index contributed by atoms with van der Waals surface area (Å²) in [5.41, 5.74) is 5.59. The first kappa shape index (κ1) is 15.2. The zero-order chi connectivity index (χ0) is 14.1. The fraction of sp³-hybridized carbons (Fsp3) is 1.00. The van der Waals surface area contributed by atoms with E-state index in [1.54, 1.807) is 15.7 Å². The molecule has 1 aliphatic carbocycles. The maximum atomic E-state index is 12.7. The summed E-state index contributed by atoms with van der Waals surface area (Å²) in [5, 5.41) is 0. The molecule has 1 saturated heterocycles. The van der Waals surface area contributed by atoms with Crippen molar-refractivity contribution < 1.29 is 8.42 Å². The largest absolute Gasteiger partial charge is 0.329 e. The van der Waals surface area contributed by atoms with Crippen molar-refractivity contribution in [2.45, 2.75) is 51.0 Å². The SMILES string of the molecule is CC1CCC(CN)(N(C)S(=O)(=O)N2CCCC2)CC1. The van der Waals surface area contributed by atoms with Crippen molar-refractivity contribution in [2.75, 3.05) is 26.7 Å². The van der Waals surface area contributed by atoms with Gasteiger partial charge in [-0.2, -0.15) is 17.0 Å². The zero-order valence-corrected chi connectivity index (χ0v) is 13.0. The Hall–Kier alpha value is -0.170. The van der Waals surface area contributed by atoms with Crippen molar-refractivity contribution in [1.82, 2.24) is 8.61 Å². The van der Waals surface area contributed by atoms with E-state index in [0.29, 0.717) is 25.6 Å². The lowest BCUT2D eigenvalue weighted by Gasteiger charge is -2.45. The molecule has 1 aliphatic heterocycles. The second-order valence-corrected chi connectivity index (χ2v) is 8.15. The molecule has 0 aromatic heterocycles. The second-order valence-electron chi connectivity index (χ2n) is 6.19. The second kappa shape index (κ2) is 5.68. The number of nitrogens with zero attached hydrogens (tertiary/aromatic N) is 2. The van der Waals surface area contributed by atoms with Crippen molar-refractivity contribution in [3.05, 3.63) is 0 Å². The quantitative estimate of drug-likeness (QED) is 0.844. The van der Waals surface area contributed by atoms with Crippen LogP contribution in [0.15, 0.2) is 0 Å². The molecule has 0 unspecified atom stereocenters. The van der Waals surface area contributed by atoms with Crippen LogP contribution >= 0.6 is 0 Å². The van der Waals surface area contributed by atoms with Gasteiger partial charge in [-0.25, -0.2) is 0 Å². The average molecular weight is 289 g/mol. The van der Waals surface area contributed by atoms with E-state index in [0.717, 1.165) is 38.5 Å². The highest BCUT2D eigenvalue weighted by Crippen LogP contribution is 2.37. The highest BCUT2D eigenvalue weighted by molar-refractivity contribution is 7.86. The monoisotopic (exact) mass is 289 g/mol. The molecule has 0 atom stereocenters. The number of nitrogens with two attached hydrogens (primary N) is 1. The third-order valence-electron chi connectivity index (χ3n) is 4.99. The Balaban J connectivity index is 2.18. The molecular weight excluding hydrogens is 262 g/mol. The predicted molar refractivity (Wildman–Crippen MR) is 76.9 cm³/mol. The van der Waals surface area contributed by atoms with E-state index < -0.39 is 10.2 Å². The van der Waals surface area contributed by atoms with Crippen LogP contribution < -0.4 is 5.73 Å². The lowest BCUT2D eigenvalue weighted by molar-refractivity contribution is 0.129. The van der Waals surface area contributed by atoms with E-state index in [1.165, 1.54) is 0 Å². The van der Waals surface area contributed by atoms with Crippen molar-refractivity contribution in [1.29, 1.82) is 0 Å². The molecule has 0 spiro atoms. The first-order valence-corrected chi connectivity index (χ1v) is 8.76. The Bertz CT molecular complexity index is 396. The number of likely N-dealkylation sites (N-methyl/N-ethyl adjacent to an activating group) is 1. The fourth-order valence-corrected chi connectivity index (χ4v) is 5.10. The molecule has 19 heavy (non-hydrogen) atoms. The molecule has 2 N–H and O–H groups in total. The molecule has 0 aromatic carbocycles. The summed E-state index contributed by atoms with van der Waals surface area (Å²) < 4.78 is 28.5. The number of hydrogen-bond acceptors (Lipinski definition) is 3. The Kier molecular flexibility index (Phi) is 4.55. The van der Waals surface area contributed by atoms with Crippen LogP contribution in [0.1, 0.15) is 45.4 Å². The smallest absolute Gasteiger partial charge is 0.282 e. The van der Waals surface area contributed by atoms with Crippen molar-refractivity contribution in [2.24, 2.45) is 11.7 Å². The molecule has 1 heterocycles. The molecule has 112 valence electrons. The van der Waals surface area contributed by atoms with E-state index >= 15 is 0 Å². The van der Waals surface area contributed by atoms with E-state index in [4.69, 9.17) is 5.73 Å². The van der Waals surface area contributed by atoms with Crippen LogP contribution in [-0.2, 0) is 10.2 Å². The van der Waals surface area contributed by atoms with Gasteiger partial charge < -0.3 is 5.73 Å². The van der Waals surface area contributed by atoms with Crippen molar-refractivity contribution in [3.63, 3.8) is 0 Å². The van der Waals surface area contributed by atoms with E-state index in [9.17, 15) is 8.42 Å². The zero-order valence-electron chi connectivity index (χ0n) is 12.1. The van der Waals surface area contributed by atoms with Gasteiger partial charge in [0.05, 0.1) is 0 Å². The lowest BCUT2D eigenvalue weighted by atomic mass is 9.77. The van der Waals surface area contributed by atoms with E-state index in [-0.39, 0.29) is 5.54 Å². The first-order valence-electron chi connectivity index (χ1n) is 7.36. The van der Waals surface area contributed by atoms with Gasteiger partial charge in [0.2, 0.25) is 0 Å². The molecule has 0 radical (unpaired) electrons. The molecule has 2 fully saturated rings. The Morgan fingerprint density at radius 2 is 1.79 bits per heavy atom. The third kappa shape index (κ3) is 2.82. The third-order valence-corrected chi connectivity index (χ3v) is 7.09. The van der Waals surface area contributed by atoms with Gasteiger partial charge in [0, 0.05) is 32.2 Å². The maximum absolute atomic E-state index is 12.7. The minimum absolute atomic E-state index is 0.367. The molecule has 1 saturated carbocycles. The van der Waals surface area contributed by atoms with Gasteiger partial charge in [0.1, 0.15) is 0 Å².